The number of nitrogens with one attached hydrogen (secondary N) is 4. The van der Waals surface area contributed by atoms with Gasteiger partial charge in [-0.15, -0.1) is 10.2 Å². The first kappa shape index (κ1) is 36.6. The Bertz CT molecular complexity index is 1540. The average Bonchev–Trinajstić information content (AvgIpc) is 3.69. The summed E-state index contributed by atoms with van der Waals surface area (Å²) in [6, 6.07) is 4.14. The summed E-state index contributed by atoms with van der Waals surface area (Å²) in [5.74, 6) is -3.23. The molecule has 4 amide bonds. The summed E-state index contributed by atoms with van der Waals surface area (Å²) in [6.45, 7) is 5.13. The summed E-state index contributed by atoms with van der Waals surface area (Å²) in [5, 5.41) is 31.4. The number of aliphatic carboxylic acids is 1. The highest BCUT2D eigenvalue weighted by molar-refractivity contribution is 7.93. The number of H-pyrrole nitrogens is 1. The van der Waals surface area contributed by atoms with E-state index in [1.54, 1.807) is 51.1 Å². The number of amides is 4. The third-order valence-corrected chi connectivity index (χ3v) is 7.77. The minimum absolute atomic E-state index is 0.0152. The predicted octanol–water partition coefficient (Wildman–Crippen LogP) is 0.0769. The molecule has 2 aromatic rings. The number of rotatable bonds is 14. The zero-order valence-corrected chi connectivity index (χ0v) is 27.3. The Morgan fingerprint density at radius 3 is 2.43 bits per heavy atom. The number of carbonyl (C=O) groups is 5. The van der Waals surface area contributed by atoms with Gasteiger partial charge in [-0.05, 0) is 23.8 Å². The summed E-state index contributed by atoms with van der Waals surface area (Å²) < 4.78 is 28.6. The molecule has 1 fully saturated rings. The van der Waals surface area contributed by atoms with Gasteiger partial charge in [-0.3, -0.25) is 19.2 Å². The summed E-state index contributed by atoms with van der Waals surface area (Å²) in [7, 11) is -3.53. The predicted molar refractivity (Wildman–Crippen MR) is 166 cm³/mol. The van der Waals surface area contributed by atoms with E-state index in [4.69, 9.17) is 4.74 Å². The first-order valence-electron chi connectivity index (χ1n) is 14.7. The second kappa shape index (κ2) is 16.1. The first-order chi connectivity index (χ1) is 22.0. The fraction of sp³-hybridized carbons (Fsp3) is 0.517. The van der Waals surface area contributed by atoms with Crippen molar-refractivity contribution in [2.45, 2.75) is 77.2 Å². The van der Waals surface area contributed by atoms with Crippen LogP contribution < -0.4 is 16.0 Å². The van der Waals surface area contributed by atoms with E-state index in [9.17, 15) is 37.5 Å². The fourth-order valence-corrected chi connectivity index (χ4v) is 5.28. The van der Waals surface area contributed by atoms with Crippen molar-refractivity contribution in [2.75, 3.05) is 12.8 Å². The molecule has 1 aliphatic heterocycles. The van der Waals surface area contributed by atoms with Crippen molar-refractivity contribution < 1.29 is 42.2 Å². The highest BCUT2D eigenvalue weighted by atomic mass is 32.2. The molecular weight excluding hydrogens is 636 g/mol. The van der Waals surface area contributed by atoms with Gasteiger partial charge in [0.2, 0.25) is 17.7 Å². The van der Waals surface area contributed by atoms with Gasteiger partial charge in [-0.2, -0.15) is 5.21 Å². The highest BCUT2D eigenvalue weighted by Gasteiger charge is 2.43. The van der Waals surface area contributed by atoms with Gasteiger partial charge in [0, 0.05) is 24.6 Å². The van der Waals surface area contributed by atoms with Crippen molar-refractivity contribution in [1.29, 1.82) is 0 Å². The molecule has 1 aliphatic rings. The second-order valence-electron chi connectivity index (χ2n) is 12.2. The van der Waals surface area contributed by atoms with E-state index in [0.29, 0.717) is 18.4 Å². The van der Waals surface area contributed by atoms with Crippen molar-refractivity contribution in [3.8, 4) is 0 Å². The molecular formula is C29H40N8O9S. The molecule has 3 rings (SSSR count). The number of benzene rings is 1. The van der Waals surface area contributed by atoms with Gasteiger partial charge in [0.1, 0.15) is 24.7 Å². The van der Waals surface area contributed by atoms with Crippen molar-refractivity contribution in [3.05, 3.63) is 53.2 Å². The fourth-order valence-electron chi connectivity index (χ4n) is 4.80. The SMILES string of the molecule is CC(C)(C)C(NC(=O)[C@H](CC(=O)O)NC(=O)OCc1ccccc1)C(=O)N1CCC[C@@H]1C(=O)N[C@H](/C=C/S(C)(=O)=O)Cc1nn[nH]n1. The first-order valence-corrected chi connectivity index (χ1v) is 16.7. The molecule has 1 saturated heterocycles. The van der Waals surface area contributed by atoms with E-state index in [0.717, 1.165) is 11.7 Å². The van der Waals surface area contributed by atoms with Crippen LogP contribution in [-0.2, 0) is 46.8 Å². The number of aromatic amines is 1. The monoisotopic (exact) mass is 676 g/mol. The van der Waals surface area contributed by atoms with Crippen LogP contribution in [-0.4, -0.2) is 106 Å². The van der Waals surface area contributed by atoms with Gasteiger partial charge < -0.3 is 30.7 Å². The third kappa shape index (κ3) is 11.8. The molecule has 256 valence electrons. The third-order valence-electron chi connectivity index (χ3n) is 7.12. The molecule has 4 atom stereocenters. The Hall–Kier alpha value is -4.87. The summed E-state index contributed by atoms with van der Waals surface area (Å²) in [6.07, 6.45) is 1.26. The van der Waals surface area contributed by atoms with Crippen molar-refractivity contribution in [1.82, 2.24) is 41.5 Å². The number of nitrogens with zero attached hydrogens (tertiary/aromatic N) is 4. The number of aromatic nitrogens is 4. The van der Waals surface area contributed by atoms with Gasteiger partial charge in [0.15, 0.2) is 15.7 Å². The van der Waals surface area contributed by atoms with Gasteiger partial charge in [0.25, 0.3) is 0 Å². The van der Waals surface area contributed by atoms with Crippen LogP contribution in [0.1, 0.15) is 51.4 Å². The van der Waals surface area contributed by atoms with Crippen molar-refractivity contribution >= 4 is 39.6 Å². The van der Waals surface area contributed by atoms with Gasteiger partial charge >= 0.3 is 12.1 Å². The summed E-state index contributed by atoms with van der Waals surface area (Å²) >= 11 is 0. The normalized spacial score (nSPS) is 17.0. The van der Waals surface area contributed by atoms with E-state index in [2.05, 4.69) is 36.6 Å². The lowest BCUT2D eigenvalue weighted by molar-refractivity contribution is -0.145. The highest BCUT2D eigenvalue weighted by Crippen LogP contribution is 2.26. The number of hydrogen-bond acceptors (Lipinski definition) is 11. The van der Waals surface area contributed by atoms with Gasteiger partial charge in [-0.25, -0.2) is 13.2 Å². The Labute approximate surface area is 271 Å². The van der Waals surface area contributed by atoms with Crippen LogP contribution in [0.3, 0.4) is 0 Å². The van der Waals surface area contributed by atoms with E-state index >= 15 is 0 Å². The summed E-state index contributed by atoms with van der Waals surface area (Å²) in [4.78, 5) is 66.1. The number of sulfone groups is 1. The minimum atomic E-state index is -3.53. The molecule has 0 radical (unpaired) electrons. The lowest BCUT2D eigenvalue weighted by Crippen LogP contribution is -2.60. The van der Waals surface area contributed by atoms with Crippen LogP contribution in [0.5, 0.6) is 0 Å². The Morgan fingerprint density at radius 2 is 1.83 bits per heavy atom. The molecule has 1 aromatic carbocycles. The number of carboxylic acid groups (broad SMARTS) is 1. The molecule has 0 aliphatic carbocycles. The smallest absolute Gasteiger partial charge is 0.408 e. The van der Waals surface area contributed by atoms with Gasteiger partial charge in [-0.1, -0.05) is 62.4 Å². The van der Waals surface area contributed by atoms with Crippen LogP contribution in [0.2, 0.25) is 0 Å². The lowest BCUT2D eigenvalue weighted by atomic mass is 9.85. The molecule has 47 heavy (non-hydrogen) atoms. The van der Waals surface area contributed by atoms with Crippen LogP contribution in [0.15, 0.2) is 41.8 Å². The molecule has 0 bridgehead atoms. The topological polar surface area (TPSA) is 243 Å². The molecule has 17 nitrogen and oxygen atoms in total. The standard InChI is InChI=1S/C29H40N8O9S/c1-29(2,3)24(32-25(40)20(16-23(38)39)31-28(43)46-17-18-9-6-5-7-10-18)27(42)37-13-8-11-21(37)26(41)30-19(12-14-47(4,44)45)15-22-33-35-36-34-22/h5-7,9-10,12,14,19-21,24H,8,11,13,15-17H2,1-4H3,(H,30,41)(H,31,43)(H,32,40)(H,38,39)(H,33,34,35,36)/b14-12+/t19-,20+,21-,24?/m1/s1. The molecule has 1 unspecified atom stereocenters. The maximum absolute atomic E-state index is 13.9. The van der Waals surface area contributed by atoms with E-state index < -0.39 is 75.6 Å². The van der Waals surface area contributed by atoms with E-state index in [-0.39, 0.29) is 25.4 Å². The Kier molecular flexibility index (Phi) is 12.5. The van der Waals surface area contributed by atoms with E-state index in [1.807, 2.05) is 0 Å². The zero-order chi connectivity index (χ0) is 34.8. The molecule has 0 saturated carbocycles. The van der Waals surface area contributed by atoms with Crippen LogP contribution in [0.25, 0.3) is 0 Å². The number of carboxylic acids is 1. The quantitative estimate of drug-likeness (QED) is 0.179. The maximum Gasteiger partial charge on any atom is 0.408 e. The summed E-state index contributed by atoms with van der Waals surface area (Å²) in [5.41, 5.74) is -0.228. The van der Waals surface area contributed by atoms with E-state index in [1.165, 1.54) is 11.0 Å². The molecule has 2 heterocycles. The number of likely N-dealkylation sites (tertiary alicyclic amines) is 1. The van der Waals surface area contributed by atoms with Gasteiger partial charge in [0.05, 0.1) is 12.5 Å². The largest absolute Gasteiger partial charge is 0.481 e. The van der Waals surface area contributed by atoms with Crippen LogP contribution in [0, 0.1) is 5.41 Å². The lowest BCUT2D eigenvalue weighted by Gasteiger charge is -2.36. The molecule has 5 N–H and O–H groups in total. The zero-order valence-electron chi connectivity index (χ0n) is 26.5. The Morgan fingerprint density at radius 1 is 1.13 bits per heavy atom. The maximum atomic E-state index is 13.9. The average molecular weight is 677 g/mol. The number of tetrazole rings is 1. The number of hydrogen-bond donors (Lipinski definition) is 5. The Balaban J connectivity index is 1.74. The number of ether oxygens (including phenoxy) is 1. The number of carbonyl (C=O) groups excluding carboxylic acids is 4. The molecule has 0 spiro atoms. The number of alkyl carbamates (subject to hydrolysis) is 1. The molecule has 1 aromatic heterocycles. The minimum Gasteiger partial charge on any atom is -0.481 e. The van der Waals surface area contributed by atoms with Crippen molar-refractivity contribution in [2.24, 2.45) is 5.41 Å². The van der Waals surface area contributed by atoms with Crippen LogP contribution in [0.4, 0.5) is 4.79 Å². The molecule has 18 heteroatoms. The second-order valence-corrected chi connectivity index (χ2v) is 14.1. The van der Waals surface area contributed by atoms with Crippen LogP contribution >= 0.6 is 0 Å². The van der Waals surface area contributed by atoms with Crippen molar-refractivity contribution in [3.63, 3.8) is 0 Å².